The molecule has 0 aliphatic rings. The van der Waals surface area contributed by atoms with Crippen molar-refractivity contribution in [2.45, 2.75) is 26.2 Å². The molecule has 0 saturated carbocycles. The third kappa shape index (κ3) is 6.71. The second kappa shape index (κ2) is 7.69. The van der Waals surface area contributed by atoms with Gasteiger partial charge in [-0.1, -0.05) is 11.8 Å². The SMILES string of the molecule is CC#CC#CCCCC(=O)OC. The highest BCUT2D eigenvalue weighted by Gasteiger charge is 1.96. The highest BCUT2D eigenvalue weighted by Crippen LogP contribution is 1.94. The molecule has 0 amide bonds. The topological polar surface area (TPSA) is 26.3 Å². The number of esters is 1. The predicted molar refractivity (Wildman–Crippen MR) is 47.1 cm³/mol. The van der Waals surface area contributed by atoms with Crippen LogP contribution in [0.25, 0.3) is 0 Å². The van der Waals surface area contributed by atoms with Crippen LogP contribution in [-0.4, -0.2) is 13.1 Å². The van der Waals surface area contributed by atoms with E-state index in [0.29, 0.717) is 12.8 Å². The molecule has 0 rings (SSSR count). The molecule has 2 heteroatoms. The van der Waals surface area contributed by atoms with Gasteiger partial charge in [-0.2, -0.15) is 0 Å². The van der Waals surface area contributed by atoms with Crippen molar-refractivity contribution in [3.05, 3.63) is 0 Å². The normalized spacial score (nSPS) is 7.17. The van der Waals surface area contributed by atoms with Crippen LogP contribution in [0.5, 0.6) is 0 Å². The highest BCUT2D eigenvalue weighted by atomic mass is 16.5. The summed E-state index contributed by atoms with van der Waals surface area (Å²) in [5.74, 6) is 10.6. The minimum Gasteiger partial charge on any atom is -0.469 e. The van der Waals surface area contributed by atoms with Gasteiger partial charge in [0, 0.05) is 12.8 Å². The van der Waals surface area contributed by atoms with Gasteiger partial charge in [0.2, 0.25) is 0 Å². The molecule has 0 bridgehead atoms. The summed E-state index contributed by atoms with van der Waals surface area (Å²) in [6, 6.07) is 0. The van der Waals surface area contributed by atoms with Gasteiger partial charge in [0.1, 0.15) is 0 Å². The summed E-state index contributed by atoms with van der Waals surface area (Å²) in [6.07, 6.45) is 1.87. The monoisotopic (exact) mass is 164 g/mol. The number of rotatable bonds is 3. The standard InChI is InChI=1S/C10H12O2/c1-3-4-5-6-7-8-9-10(11)12-2/h7-9H2,1-2H3. The molecule has 12 heavy (non-hydrogen) atoms. The van der Waals surface area contributed by atoms with Gasteiger partial charge in [0.25, 0.3) is 0 Å². The number of hydrogen-bond donors (Lipinski definition) is 0. The average molecular weight is 164 g/mol. The number of methoxy groups -OCH3 is 1. The smallest absolute Gasteiger partial charge is 0.305 e. The molecular weight excluding hydrogens is 152 g/mol. The summed E-state index contributed by atoms with van der Waals surface area (Å²) in [5.41, 5.74) is 0. The van der Waals surface area contributed by atoms with Crippen LogP contribution in [-0.2, 0) is 9.53 Å². The fourth-order valence-electron chi connectivity index (χ4n) is 0.592. The zero-order valence-electron chi connectivity index (χ0n) is 7.44. The fraction of sp³-hybridized carbons (Fsp3) is 0.500. The zero-order chi connectivity index (χ0) is 9.23. The van der Waals surface area contributed by atoms with Crippen molar-refractivity contribution in [3.8, 4) is 23.7 Å². The molecule has 0 unspecified atom stereocenters. The first-order valence-corrected chi connectivity index (χ1v) is 3.77. The van der Waals surface area contributed by atoms with E-state index >= 15 is 0 Å². The van der Waals surface area contributed by atoms with E-state index in [2.05, 4.69) is 28.4 Å². The molecule has 2 nitrogen and oxygen atoms in total. The largest absolute Gasteiger partial charge is 0.469 e. The first-order valence-electron chi connectivity index (χ1n) is 3.77. The molecule has 0 radical (unpaired) electrons. The Hall–Kier alpha value is -1.41. The van der Waals surface area contributed by atoms with Crippen LogP contribution < -0.4 is 0 Å². The van der Waals surface area contributed by atoms with E-state index in [1.165, 1.54) is 7.11 Å². The van der Waals surface area contributed by atoms with Gasteiger partial charge in [-0.15, -0.1) is 0 Å². The molecule has 0 fully saturated rings. The van der Waals surface area contributed by atoms with Gasteiger partial charge < -0.3 is 4.74 Å². The molecule has 64 valence electrons. The van der Waals surface area contributed by atoms with E-state index in [0.717, 1.165) is 6.42 Å². The first kappa shape index (κ1) is 10.6. The minimum absolute atomic E-state index is 0.182. The number of unbranched alkanes of at least 4 members (excludes halogenated alkanes) is 1. The summed E-state index contributed by atoms with van der Waals surface area (Å²) in [5, 5.41) is 0. The lowest BCUT2D eigenvalue weighted by Gasteiger charge is -1.93. The maximum absolute atomic E-state index is 10.6. The Labute approximate surface area is 73.3 Å². The summed E-state index contributed by atoms with van der Waals surface area (Å²) >= 11 is 0. The zero-order valence-corrected chi connectivity index (χ0v) is 7.44. The van der Waals surface area contributed by atoms with E-state index in [-0.39, 0.29) is 5.97 Å². The van der Waals surface area contributed by atoms with Crippen LogP contribution >= 0.6 is 0 Å². The Morgan fingerprint density at radius 3 is 2.75 bits per heavy atom. The van der Waals surface area contributed by atoms with Crippen LogP contribution in [0, 0.1) is 23.7 Å². The number of ether oxygens (including phenoxy) is 1. The average Bonchev–Trinajstić information content (AvgIpc) is 2.10. The van der Waals surface area contributed by atoms with Crippen molar-refractivity contribution in [1.82, 2.24) is 0 Å². The highest BCUT2D eigenvalue weighted by molar-refractivity contribution is 5.69. The van der Waals surface area contributed by atoms with E-state index < -0.39 is 0 Å². The molecule has 0 saturated heterocycles. The molecule has 0 aliphatic heterocycles. The number of carbonyl (C=O) groups excluding carboxylic acids is 1. The van der Waals surface area contributed by atoms with Crippen LogP contribution in [0.2, 0.25) is 0 Å². The molecule has 0 heterocycles. The quantitative estimate of drug-likeness (QED) is 0.357. The molecule has 0 aliphatic carbocycles. The molecule has 0 atom stereocenters. The Kier molecular flexibility index (Phi) is 6.79. The predicted octanol–water partition coefficient (Wildman–Crippen LogP) is 1.36. The lowest BCUT2D eigenvalue weighted by atomic mass is 10.2. The van der Waals surface area contributed by atoms with Crippen molar-refractivity contribution < 1.29 is 9.53 Å². The van der Waals surface area contributed by atoms with Crippen molar-refractivity contribution >= 4 is 5.97 Å². The van der Waals surface area contributed by atoms with Gasteiger partial charge in [0.15, 0.2) is 0 Å². The Balaban J connectivity index is 3.38. The van der Waals surface area contributed by atoms with Gasteiger partial charge in [0.05, 0.1) is 7.11 Å². The molecule has 0 aromatic carbocycles. The van der Waals surface area contributed by atoms with E-state index in [1.54, 1.807) is 6.92 Å². The summed E-state index contributed by atoms with van der Waals surface area (Å²) < 4.78 is 4.46. The third-order valence-electron chi connectivity index (χ3n) is 1.19. The number of carbonyl (C=O) groups is 1. The van der Waals surface area contributed by atoms with E-state index in [1.807, 2.05) is 0 Å². The second-order valence-electron chi connectivity index (χ2n) is 2.11. The molecule has 0 spiro atoms. The van der Waals surface area contributed by atoms with Crippen molar-refractivity contribution in [2.24, 2.45) is 0 Å². The van der Waals surface area contributed by atoms with Gasteiger partial charge in [-0.05, 0) is 25.2 Å². The Morgan fingerprint density at radius 1 is 1.42 bits per heavy atom. The van der Waals surface area contributed by atoms with E-state index in [4.69, 9.17) is 0 Å². The van der Waals surface area contributed by atoms with Crippen LogP contribution in [0.15, 0.2) is 0 Å². The first-order chi connectivity index (χ1) is 5.81. The minimum atomic E-state index is -0.182. The maximum atomic E-state index is 10.6. The maximum Gasteiger partial charge on any atom is 0.305 e. The Bertz CT molecular complexity index is 244. The second-order valence-corrected chi connectivity index (χ2v) is 2.11. The summed E-state index contributed by atoms with van der Waals surface area (Å²) in [7, 11) is 1.39. The lowest BCUT2D eigenvalue weighted by molar-refractivity contribution is -0.140. The van der Waals surface area contributed by atoms with Crippen molar-refractivity contribution in [1.29, 1.82) is 0 Å². The van der Waals surface area contributed by atoms with Crippen molar-refractivity contribution in [2.75, 3.05) is 7.11 Å². The summed E-state index contributed by atoms with van der Waals surface area (Å²) in [4.78, 5) is 10.6. The van der Waals surface area contributed by atoms with Crippen LogP contribution in [0.3, 0.4) is 0 Å². The molecular formula is C10H12O2. The van der Waals surface area contributed by atoms with Crippen LogP contribution in [0.1, 0.15) is 26.2 Å². The summed E-state index contributed by atoms with van der Waals surface area (Å²) in [6.45, 7) is 1.74. The fourth-order valence-corrected chi connectivity index (χ4v) is 0.592. The lowest BCUT2D eigenvalue weighted by Crippen LogP contribution is -1.98. The van der Waals surface area contributed by atoms with Crippen LogP contribution in [0.4, 0.5) is 0 Å². The molecule has 0 N–H and O–H groups in total. The Morgan fingerprint density at radius 2 is 2.17 bits per heavy atom. The third-order valence-corrected chi connectivity index (χ3v) is 1.19. The van der Waals surface area contributed by atoms with Gasteiger partial charge in [-0.25, -0.2) is 0 Å². The van der Waals surface area contributed by atoms with E-state index in [9.17, 15) is 4.79 Å². The van der Waals surface area contributed by atoms with Gasteiger partial charge in [-0.3, -0.25) is 4.79 Å². The molecule has 0 aromatic heterocycles. The van der Waals surface area contributed by atoms with Crippen molar-refractivity contribution in [3.63, 3.8) is 0 Å². The van der Waals surface area contributed by atoms with Gasteiger partial charge >= 0.3 is 5.97 Å². The number of hydrogen-bond acceptors (Lipinski definition) is 2. The molecule has 0 aromatic rings.